The van der Waals surface area contributed by atoms with Crippen molar-refractivity contribution in [2.45, 2.75) is 18.9 Å². The van der Waals surface area contributed by atoms with E-state index in [2.05, 4.69) is 5.32 Å². The summed E-state index contributed by atoms with van der Waals surface area (Å²) in [6, 6.07) is 4.31. The summed E-state index contributed by atoms with van der Waals surface area (Å²) in [5.41, 5.74) is 0.0534. The van der Waals surface area contributed by atoms with E-state index in [-0.39, 0.29) is 17.5 Å². The first-order valence-electron chi connectivity index (χ1n) is 5.50. The molecule has 0 radical (unpaired) electrons. The van der Waals surface area contributed by atoms with E-state index in [1.165, 1.54) is 19.2 Å². The molecule has 1 amide bonds. The van der Waals surface area contributed by atoms with Gasteiger partial charge < -0.3 is 10.1 Å². The highest BCUT2D eigenvalue weighted by Crippen LogP contribution is 2.17. The number of nitrogens with one attached hydrogen (secondary N) is 1. The number of carbonyl (C=O) groups excluding carboxylic acids is 1. The quantitative estimate of drug-likeness (QED) is 0.816. The van der Waals surface area contributed by atoms with E-state index in [9.17, 15) is 9.18 Å². The van der Waals surface area contributed by atoms with E-state index in [1.807, 2.05) is 12.2 Å². The standard InChI is InChI=1S/C13H14FNO2/c1-17-10-6-7-11(12(14)8-10)13(16)15-9-4-2-3-5-9/h2-3,6-9H,4-5H2,1H3,(H,15,16). The first-order valence-corrected chi connectivity index (χ1v) is 5.50. The van der Waals surface area contributed by atoms with E-state index in [0.29, 0.717) is 5.75 Å². The maximum absolute atomic E-state index is 13.6. The summed E-state index contributed by atoms with van der Waals surface area (Å²) in [7, 11) is 1.46. The zero-order chi connectivity index (χ0) is 12.3. The predicted molar refractivity (Wildman–Crippen MR) is 62.6 cm³/mol. The fraction of sp³-hybridized carbons (Fsp3) is 0.308. The van der Waals surface area contributed by atoms with Gasteiger partial charge in [0, 0.05) is 12.1 Å². The molecule has 17 heavy (non-hydrogen) atoms. The third-order valence-electron chi connectivity index (χ3n) is 2.76. The van der Waals surface area contributed by atoms with Crippen LogP contribution in [0.15, 0.2) is 30.4 Å². The van der Waals surface area contributed by atoms with E-state index >= 15 is 0 Å². The van der Waals surface area contributed by atoms with Crippen LogP contribution in [0.1, 0.15) is 23.2 Å². The van der Waals surface area contributed by atoms with Gasteiger partial charge in [0.25, 0.3) is 5.91 Å². The Morgan fingerprint density at radius 3 is 2.71 bits per heavy atom. The molecule has 4 heteroatoms. The Morgan fingerprint density at radius 2 is 2.12 bits per heavy atom. The highest BCUT2D eigenvalue weighted by molar-refractivity contribution is 5.94. The normalized spacial score (nSPS) is 14.9. The van der Waals surface area contributed by atoms with Crippen molar-refractivity contribution in [3.8, 4) is 5.75 Å². The Balaban J connectivity index is 2.08. The van der Waals surface area contributed by atoms with Gasteiger partial charge in [0.05, 0.1) is 12.7 Å². The Hall–Kier alpha value is -1.84. The third-order valence-corrected chi connectivity index (χ3v) is 2.76. The molecule has 0 atom stereocenters. The summed E-state index contributed by atoms with van der Waals surface area (Å²) in [5, 5.41) is 2.79. The maximum Gasteiger partial charge on any atom is 0.254 e. The van der Waals surface area contributed by atoms with Gasteiger partial charge in [-0.05, 0) is 25.0 Å². The molecule has 1 aliphatic carbocycles. The topological polar surface area (TPSA) is 38.3 Å². The van der Waals surface area contributed by atoms with Crippen molar-refractivity contribution in [2.24, 2.45) is 0 Å². The molecule has 0 aromatic heterocycles. The molecule has 90 valence electrons. The van der Waals surface area contributed by atoms with E-state index in [0.717, 1.165) is 12.8 Å². The Bertz CT molecular complexity index is 449. The largest absolute Gasteiger partial charge is 0.497 e. The third kappa shape index (κ3) is 2.64. The van der Waals surface area contributed by atoms with Crippen molar-refractivity contribution in [1.82, 2.24) is 5.32 Å². The van der Waals surface area contributed by atoms with Gasteiger partial charge in [-0.25, -0.2) is 4.39 Å². The molecule has 0 aliphatic heterocycles. The molecule has 0 unspecified atom stereocenters. The summed E-state index contributed by atoms with van der Waals surface area (Å²) in [6.45, 7) is 0. The van der Waals surface area contributed by atoms with E-state index < -0.39 is 5.82 Å². The van der Waals surface area contributed by atoms with Crippen LogP contribution in [0, 0.1) is 5.82 Å². The molecule has 0 saturated heterocycles. The van der Waals surface area contributed by atoms with Crippen LogP contribution in [0.2, 0.25) is 0 Å². The van der Waals surface area contributed by atoms with Gasteiger partial charge in [-0.2, -0.15) is 0 Å². The van der Waals surface area contributed by atoms with Gasteiger partial charge in [0.15, 0.2) is 0 Å². The van der Waals surface area contributed by atoms with Crippen LogP contribution in [0.4, 0.5) is 4.39 Å². The molecule has 1 N–H and O–H groups in total. The van der Waals surface area contributed by atoms with Crippen LogP contribution in [0.5, 0.6) is 5.75 Å². The minimum absolute atomic E-state index is 0.0534. The molecule has 1 aromatic carbocycles. The SMILES string of the molecule is COc1ccc(C(=O)NC2CC=CC2)c(F)c1. The number of hydrogen-bond acceptors (Lipinski definition) is 2. The lowest BCUT2D eigenvalue weighted by molar-refractivity contribution is 0.0935. The van der Waals surface area contributed by atoms with Gasteiger partial charge >= 0.3 is 0 Å². The molecule has 0 bridgehead atoms. The molecule has 0 fully saturated rings. The number of rotatable bonds is 3. The number of halogens is 1. The van der Waals surface area contributed by atoms with Gasteiger partial charge in [-0.1, -0.05) is 12.2 Å². The number of carbonyl (C=O) groups is 1. The zero-order valence-electron chi connectivity index (χ0n) is 9.57. The molecule has 0 saturated carbocycles. The lowest BCUT2D eigenvalue weighted by Gasteiger charge is -2.12. The fourth-order valence-electron chi connectivity index (χ4n) is 1.81. The zero-order valence-corrected chi connectivity index (χ0v) is 9.57. The van der Waals surface area contributed by atoms with E-state index in [4.69, 9.17) is 4.74 Å². The van der Waals surface area contributed by atoms with Gasteiger partial charge in [-0.15, -0.1) is 0 Å². The summed E-state index contributed by atoms with van der Waals surface area (Å²) in [5.74, 6) is -0.534. The van der Waals surface area contributed by atoms with E-state index in [1.54, 1.807) is 6.07 Å². The van der Waals surface area contributed by atoms with Crippen LogP contribution in [0.3, 0.4) is 0 Å². The van der Waals surface area contributed by atoms with Crippen molar-refractivity contribution in [3.05, 3.63) is 41.7 Å². The minimum atomic E-state index is -0.562. The molecular formula is C13H14FNO2. The van der Waals surface area contributed by atoms with Crippen LogP contribution in [-0.2, 0) is 0 Å². The number of ether oxygens (including phenoxy) is 1. The average Bonchev–Trinajstić information content (AvgIpc) is 2.81. The minimum Gasteiger partial charge on any atom is -0.497 e. The summed E-state index contributed by atoms with van der Waals surface area (Å²) in [6.07, 6.45) is 5.64. The highest BCUT2D eigenvalue weighted by atomic mass is 19.1. The smallest absolute Gasteiger partial charge is 0.254 e. The van der Waals surface area contributed by atoms with Gasteiger partial charge in [-0.3, -0.25) is 4.79 Å². The number of hydrogen-bond donors (Lipinski definition) is 1. The van der Waals surface area contributed by atoms with Crippen molar-refractivity contribution < 1.29 is 13.9 Å². The first-order chi connectivity index (χ1) is 8.20. The maximum atomic E-state index is 13.6. The van der Waals surface area contributed by atoms with Crippen LogP contribution < -0.4 is 10.1 Å². The second-order valence-corrected chi connectivity index (χ2v) is 3.96. The Morgan fingerprint density at radius 1 is 1.41 bits per heavy atom. The van der Waals surface area contributed by atoms with Crippen molar-refractivity contribution in [3.63, 3.8) is 0 Å². The van der Waals surface area contributed by atoms with Gasteiger partial charge in [0.2, 0.25) is 0 Å². The number of methoxy groups -OCH3 is 1. The molecule has 2 rings (SSSR count). The molecule has 0 spiro atoms. The van der Waals surface area contributed by atoms with Crippen LogP contribution in [0.25, 0.3) is 0 Å². The van der Waals surface area contributed by atoms with Crippen molar-refractivity contribution in [2.75, 3.05) is 7.11 Å². The average molecular weight is 235 g/mol. The second kappa shape index (κ2) is 4.99. The fourth-order valence-corrected chi connectivity index (χ4v) is 1.81. The molecule has 1 aliphatic rings. The van der Waals surface area contributed by atoms with Crippen LogP contribution in [-0.4, -0.2) is 19.1 Å². The molecular weight excluding hydrogens is 221 g/mol. The Kier molecular flexibility index (Phi) is 3.42. The lowest BCUT2D eigenvalue weighted by atomic mass is 10.1. The molecule has 3 nitrogen and oxygen atoms in total. The molecule has 0 heterocycles. The summed E-state index contributed by atoms with van der Waals surface area (Å²) >= 11 is 0. The van der Waals surface area contributed by atoms with Crippen LogP contribution >= 0.6 is 0 Å². The second-order valence-electron chi connectivity index (χ2n) is 3.96. The van der Waals surface area contributed by atoms with Crippen molar-refractivity contribution >= 4 is 5.91 Å². The van der Waals surface area contributed by atoms with Crippen molar-refractivity contribution in [1.29, 1.82) is 0 Å². The monoisotopic (exact) mass is 235 g/mol. The Labute approximate surface area is 99.3 Å². The molecule has 1 aromatic rings. The lowest BCUT2D eigenvalue weighted by Crippen LogP contribution is -2.33. The first kappa shape index (κ1) is 11.6. The summed E-state index contributed by atoms with van der Waals surface area (Å²) in [4.78, 5) is 11.8. The summed E-state index contributed by atoms with van der Waals surface area (Å²) < 4.78 is 18.5. The van der Waals surface area contributed by atoms with Gasteiger partial charge in [0.1, 0.15) is 11.6 Å². The number of benzene rings is 1. The predicted octanol–water partition coefficient (Wildman–Crippen LogP) is 2.28. The number of amides is 1. The highest BCUT2D eigenvalue weighted by Gasteiger charge is 2.17.